The van der Waals surface area contributed by atoms with Crippen LogP contribution in [0.5, 0.6) is 5.75 Å². The van der Waals surface area contributed by atoms with Gasteiger partial charge in [0.15, 0.2) is 0 Å². The van der Waals surface area contributed by atoms with Crippen LogP contribution in [-0.2, 0) is 0 Å². The summed E-state index contributed by atoms with van der Waals surface area (Å²) in [5.74, 6) is 0.321. The first kappa shape index (κ1) is 10.7. The number of phenols is 1. The van der Waals surface area contributed by atoms with E-state index in [1.54, 1.807) is 12.1 Å². The molecule has 0 amide bonds. The molecule has 0 aliphatic heterocycles. The molecule has 82 valence electrons. The fourth-order valence-corrected chi connectivity index (χ4v) is 2.01. The highest BCUT2D eigenvalue weighted by molar-refractivity contribution is 5.87. The van der Waals surface area contributed by atoms with E-state index in [0.717, 1.165) is 11.8 Å². The summed E-state index contributed by atoms with van der Waals surface area (Å²) < 4.78 is 0. The van der Waals surface area contributed by atoms with Crippen molar-refractivity contribution >= 4 is 16.3 Å². The number of benzene rings is 2. The van der Waals surface area contributed by atoms with Crippen LogP contribution in [0.15, 0.2) is 42.5 Å². The van der Waals surface area contributed by atoms with Crippen LogP contribution in [0, 0.1) is 0 Å². The highest BCUT2D eigenvalue weighted by Gasteiger charge is 2.00. The molecule has 2 aromatic carbocycles. The number of hydrogen-bond donors (Lipinski definition) is 1. The highest BCUT2D eigenvalue weighted by Crippen LogP contribution is 2.25. The molecular formula is C15H16O. The monoisotopic (exact) mass is 212 g/mol. The summed E-state index contributed by atoms with van der Waals surface area (Å²) >= 11 is 0. The van der Waals surface area contributed by atoms with E-state index in [1.165, 1.54) is 16.5 Å². The van der Waals surface area contributed by atoms with Gasteiger partial charge in [-0.1, -0.05) is 31.2 Å². The maximum Gasteiger partial charge on any atom is 0.116 e. The molecule has 0 heterocycles. The lowest BCUT2D eigenvalue weighted by Gasteiger charge is -2.06. The summed E-state index contributed by atoms with van der Waals surface area (Å²) in [4.78, 5) is 0. The van der Waals surface area contributed by atoms with E-state index in [4.69, 9.17) is 0 Å². The van der Waals surface area contributed by atoms with Crippen molar-refractivity contribution in [2.45, 2.75) is 20.3 Å². The summed E-state index contributed by atoms with van der Waals surface area (Å²) in [7, 11) is 0. The third-order valence-corrected chi connectivity index (χ3v) is 2.92. The van der Waals surface area contributed by atoms with Crippen LogP contribution in [0.4, 0.5) is 0 Å². The molecule has 0 unspecified atom stereocenters. The van der Waals surface area contributed by atoms with E-state index in [0.29, 0.717) is 5.75 Å². The number of hydrogen-bond acceptors (Lipinski definition) is 1. The Morgan fingerprint density at radius 3 is 2.50 bits per heavy atom. The number of fused-ring (bicyclic) bond motifs is 1. The first-order valence-electron chi connectivity index (χ1n) is 5.63. The second kappa shape index (κ2) is 4.40. The highest BCUT2D eigenvalue weighted by atomic mass is 16.3. The van der Waals surface area contributed by atoms with Gasteiger partial charge in [-0.15, -0.1) is 0 Å². The lowest BCUT2D eigenvalue weighted by Crippen LogP contribution is -1.83. The van der Waals surface area contributed by atoms with E-state index in [2.05, 4.69) is 38.1 Å². The van der Waals surface area contributed by atoms with Crippen LogP contribution in [0.2, 0.25) is 0 Å². The molecule has 0 saturated carbocycles. The van der Waals surface area contributed by atoms with Gasteiger partial charge >= 0.3 is 0 Å². The molecule has 0 aliphatic rings. The second-order valence-electron chi connectivity index (χ2n) is 3.91. The molecule has 2 aromatic rings. The van der Waals surface area contributed by atoms with Gasteiger partial charge in [-0.25, -0.2) is 0 Å². The average molecular weight is 212 g/mol. The van der Waals surface area contributed by atoms with Gasteiger partial charge in [0.2, 0.25) is 0 Å². The summed E-state index contributed by atoms with van der Waals surface area (Å²) in [6, 6.07) is 11.8. The van der Waals surface area contributed by atoms with E-state index >= 15 is 0 Å². The van der Waals surface area contributed by atoms with Crippen molar-refractivity contribution in [1.29, 1.82) is 0 Å². The van der Waals surface area contributed by atoms with Gasteiger partial charge in [-0.05, 0) is 53.5 Å². The summed E-state index contributed by atoms with van der Waals surface area (Å²) in [6.45, 7) is 4.23. The lowest BCUT2D eigenvalue weighted by molar-refractivity contribution is 0.476. The van der Waals surface area contributed by atoms with E-state index in [1.807, 2.05) is 6.07 Å². The topological polar surface area (TPSA) is 20.2 Å². The molecule has 16 heavy (non-hydrogen) atoms. The van der Waals surface area contributed by atoms with Crippen LogP contribution in [-0.4, -0.2) is 5.11 Å². The van der Waals surface area contributed by atoms with Crippen molar-refractivity contribution in [1.82, 2.24) is 0 Å². The SMILES string of the molecule is C/C=C(\CC)c1ccc2cc(O)ccc2c1. The Kier molecular flexibility index (Phi) is 2.95. The van der Waals surface area contributed by atoms with Crippen LogP contribution in [0.3, 0.4) is 0 Å². The van der Waals surface area contributed by atoms with E-state index in [9.17, 15) is 5.11 Å². The van der Waals surface area contributed by atoms with Gasteiger partial charge < -0.3 is 5.11 Å². The van der Waals surface area contributed by atoms with Crippen molar-refractivity contribution in [2.75, 3.05) is 0 Å². The van der Waals surface area contributed by atoms with Crippen LogP contribution >= 0.6 is 0 Å². The Bertz CT molecular complexity index is 538. The normalized spacial score (nSPS) is 12.0. The number of aromatic hydroxyl groups is 1. The van der Waals surface area contributed by atoms with Gasteiger partial charge in [0.05, 0.1) is 0 Å². The van der Waals surface area contributed by atoms with E-state index in [-0.39, 0.29) is 0 Å². The molecule has 0 bridgehead atoms. The number of rotatable bonds is 2. The quantitative estimate of drug-likeness (QED) is 0.784. The predicted octanol–water partition coefficient (Wildman–Crippen LogP) is 4.36. The Hall–Kier alpha value is -1.76. The number of phenolic OH excluding ortho intramolecular Hbond substituents is 1. The molecule has 2 rings (SSSR count). The minimum atomic E-state index is 0.321. The van der Waals surface area contributed by atoms with Crippen LogP contribution < -0.4 is 0 Å². The van der Waals surface area contributed by atoms with E-state index < -0.39 is 0 Å². The van der Waals surface area contributed by atoms with Crippen molar-refractivity contribution in [3.8, 4) is 5.75 Å². The van der Waals surface area contributed by atoms with Crippen molar-refractivity contribution in [2.24, 2.45) is 0 Å². The van der Waals surface area contributed by atoms with Gasteiger partial charge in [-0.3, -0.25) is 0 Å². The zero-order valence-corrected chi connectivity index (χ0v) is 9.70. The molecule has 0 radical (unpaired) electrons. The van der Waals surface area contributed by atoms with Crippen LogP contribution in [0.1, 0.15) is 25.8 Å². The second-order valence-corrected chi connectivity index (χ2v) is 3.91. The summed E-state index contributed by atoms with van der Waals surface area (Å²) in [6.07, 6.45) is 3.20. The number of allylic oxidation sites excluding steroid dienone is 2. The van der Waals surface area contributed by atoms with Gasteiger partial charge in [0, 0.05) is 0 Å². The molecule has 0 atom stereocenters. The molecule has 1 heteroatoms. The minimum Gasteiger partial charge on any atom is -0.508 e. The first-order valence-corrected chi connectivity index (χ1v) is 5.63. The van der Waals surface area contributed by atoms with Crippen molar-refractivity contribution in [3.05, 3.63) is 48.0 Å². The zero-order chi connectivity index (χ0) is 11.5. The predicted molar refractivity (Wildman–Crippen MR) is 69.6 cm³/mol. The molecule has 0 saturated heterocycles. The minimum absolute atomic E-state index is 0.321. The molecular weight excluding hydrogens is 196 g/mol. The first-order chi connectivity index (χ1) is 7.74. The molecule has 0 aromatic heterocycles. The fourth-order valence-electron chi connectivity index (χ4n) is 2.01. The zero-order valence-electron chi connectivity index (χ0n) is 9.70. The molecule has 0 aliphatic carbocycles. The Morgan fingerprint density at radius 1 is 1.12 bits per heavy atom. The van der Waals surface area contributed by atoms with Crippen molar-refractivity contribution < 1.29 is 5.11 Å². The third-order valence-electron chi connectivity index (χ3n) is 2.92. The lowest BCUT2D eigenvalue weighted by atomic mass is 9.99. The van der Waals surface area contributed by atoms with Gasteiger partial charge in [0.25, 0.3) is 0 Å². The largest absolute Gasteiger partial charge is 0.508 e. The molecule has 1 nitrogen and oxygen atoms in total. The summed E-state index contributed by atoms with van der Waals surface area (Å²) in [5, 5.41) is 11.6. The molecule has 1 N–H and O–H groups in total. The standard InChI is InChI=1S/C15H16O/c1-3-11(4-2)12-5-6-14-10-15(16)8-7-13(14)9-12/h3,5-10,16H,4H2,1-2H3/b11-3+. The van der Waals surface area contributed by atoms with Gasteiger partial charge in [-0.2, -0.15) is 0 Å². The Labute approximate surface area is 96.0 Å². The maximum absolute atomic E-state index is 9.39. The Balaban J connectivity index is 2.56. The Morgan fingerprint density at radius 2 is 1.81 bits per heavy atom. The van der Waals surface area contributed by atoms with Crippen LogP contribution in [0.25, 0.3) is 16.3 Å². The molecule has 0 spiro atoms. The average Bonchev–Trinajstić information content (AvgIpc) is 2.31. The maximum atomic E-state index is 9.39. The van der Waals surface area contributed by atoms with Gasteiger partial charge in [0.1, 0.15) is 5.75 Å². The summed E-state index contributed by atoms with van der Waals surface area (Å²) in [5.41, 5.74) is 2.62. The molecule has 0 fully saturated rings. The smallest absolute Gasteiger partial charge is 0.116 e. The fraction of sp³-hybridized carbons (Fsp3) is 0.200. The third kappa shape index (κ3) is 1.94. The van der Waals surface area contributed by atoms with Crippen molar-refractivity contribution in [3.63, 3.8) is 0 Å².